The maximum atomic E-state index is 13.2. The lowest BCUT2D eigenvalue weighted by molar-refractivity contribution is 0.603. The zero-order chi connectivity index (χ0) is 37.9. The molecule has 0 bridgehead atoms. The van der Waals surface area contributed by atoms with Gasteiger partial charge in [0, 0.05) is 39.3 Å². The second-order valence-corrected chi connectivity index (χ2v) is 14.4. The first-order valence-electron chi connectivity index (χ1n) is 19.2. The standard InChI is InChI=1S/C21H27N5O2.C19H23N5O2/c1-3-24-18-17(19(27)25(4-2)21(24)28)26(14-15-10-6-5-7-11-15)20(23-18)22-16-12-8-9-13-16;1-22-16-15(17(25)23(2)19(22)26)24(12-13-8-4-3-5-9-13)18(21-16)20-14-10-6-7-11-14/h5-7,10-11,16H,3-4,8-9,12-14H2,1-2H3,(H,22,23);3-5,8-9,14H,6-7,10-12H2,1-2H3,(H,20,21). The van der Waals surface area contributed by atoms with Crippen LogP contribution in [0.5, 0.6) is 0 Å². The van der Waals surface area contributed by atoms with Crippen molar-refractivity contribution in [3.63, 3.8) is 0 Å². The summed E-state index contributed by atoms with van der Waals surface area (Å²) in [7, 11) is 3.16. The van der Waals surface area contributed by atoms with E-state index < -0.39 is 0 Å². The Balaban J connectivity index is 0.000000167. The number of imidazole rings is 2. The minimum absolute atomic E-state index is 0.268. The topological polar surface area (TPSA) is 148 Å². The van der Waals surface area contributed by atoms with Gasteiger partial charge in [-0.1, -0.05) is 86.3 Å². The van der Waals surface area contributed by atoms with E-state index in [4.69, 9.17) is 4.98 Å². The fraction of sp³-hybridized carbons (Fsp3) is 0.450. The van der Waals surface area contributed by atoms with Gasteiger partial charge in [-0.3, -0.25) is 37.0 Å². The molecule has 4 heterocycles. The Morgan fingerprint density at radius 2 is 1.00 bits per heavy atom. The molecule has 14 heteroatoms. The molecule has 0 radical (unpaired) electrons. The van der Waals surface area contributed by atoms with Crippen LogP contribution >= 0.6 is 0 Å². The van der Waals surface area contributed by atoms with E-state index >= 15 is 0 Å². The van der Waals surface area contributed by atoms with Crippen LogP contribution < -0.4 is 33.1 Å². The Bertz CT molecular complexity index is 2490. The van der Waals surface area contributed by atoms with Gasteiger partial charge < -0.3 is 10.6 Å². The molecule has 0 atom stereocenters. The van der Waals surface area contributed by atoms with Crippen molar-refractivity contribution in [2.45, 2.75) is 103 Å². The highest BCUT2D eigenvalue weighted by atomic mass is 16.2. The number of rotatable bonds is 10. The van der Waals surface area contributed by atoms with Crippen molar-refractivity contribution in [3.05, 3.63) is 113 Å². The zero-order valence-electron chi connectivity index (χ0n) is 31.6. The number of nitrogens with zero attached hydrogens (tertiary/aromatic N) is 8. The Labute approximate surface area is 312 Å². The first-order valence-corrected chi connectivity index (χ1v) is 19.2. The van der Waals surface area contributed by atoms with Gasteiger partial charge in [-0.2, -0.15) is 9.97 Å². The molecule has 0 aliphatic heterocycles. The lowest BCUT2D eigenvalue weighted by Gasteiger charge is -2.15. The molecule has 2 aliphatic carbocycles. The third kappa shape index (κ3) is 7.04. The Morgan fingerprint density at radius 3 is 1.46 bits per heavy atom. The van der Waals surface area contributed by atoms with E-state index in [1.807, 2.05) is 83.6 Å². The summed E-state index contributed by atoms with van der Waals surface area (Å²) in [6.07, 6.45) is 9.24. The summed E-state index contributed by atoms with van der Waals surface area (Å²) in [6.45, 7) is 5.61. The van der Waals surface area contributed by atoms with Gasteiger partial charge in [0.05, 0.1) is 13.1 Å². The minimum atomic E-state index is -0.362. The number of aryl methyl sites for hydroxylation is 2. The van der Waals surface area contributed by atoms with Gasteiger partial charge in [0.15, 0.2) is 22.3 Å². The molecule has 8 rings (SSSR count). The molecule has 6 aromatic rings. The van der Waals surface area contributed by atoms with Crippen molar-refractivity contribution in [1.82, 2.24) is 37.4 Å². The SMILES string of the molecule is CCn1c(=O)c2c(nc(NC3CCCC3)n2Cc2ccccc2)n(CC)c1=O.Cn1c(=O)c2c(nc(NC3CCCC3)n2Cc2ccccc2)n(C)c1=O. The van der Waals surface area contributed by atoms with Crippen LogP contribution in [-0.4, -0.2) is 49.5 Å². The summed E-state index contributed by atoms with van der Waals surface area (Å²) in [4.78, 5) is 60.4. The number of nitrogens with one attached hydrogen (secondary N) is 2. The van der Waals surface area contributed by atoms with E-state index in [0.717, 1.165) is 41.4 Å². The monoisotopic (exact) mass is 734 g/mol. The fourth-order valence-electron chi connectivity index (χ4n) is 7.87. The first-order chi connectivity index (χ1) is 26.2. The van der Waals surface area contributed by atoms with Gasteiger partial charge in [-0.25, -0.2) is 9.59 Å². The second-order valence-electron chi connectivity index (χ2n) is 14.4. The molecule has 0 saturated heterocycles. The molecule has 284 valence electrons. The maximum Gasteiger partial charge on any atom is 0.332 e. The third-order valence-electron chi connectivity index (χ3n) is 10.8. The number of aromatic nitrogens is 8. The lowest BCUT2D eigenvalue weighted by Crippen LogP contribution is -2.40. The normalized spacial score (nSPS) is 14.9. The second kappa shape index (κ2) is 15.7. The average molecular weight is 735 g/mol. The quantitative estimate of drug-likeness (QED) is 0.207. The van der Waals surface area contributed by atoms with Gasteiger partial charge in [0.25, 0.3) is 11.1 Å². The molecule has 2 saturated carbocycles. The van der Waals surface area contributed by atoms with Gasteiger partial charge in [0.2, 0.25) is 11.9 Å². The molecular formula is C40H50N10O4. The largest absolute Gasteiger partial charge is 0.353 e. The van der Waals surface area contributed by atoms with Crippen molar-refractivity contribution in [3.8, 4) is 0 Å². The van der Waals surface area contributed by atoms with Crippen LogP contribution in [0.3, 0.4) is 0 Å². The van der Waals surface area contributed by atoms with Gasteiger partial charge >= 0.3 is 11.4 Å². The zero-order valence-corrected chi connectivity index (χ0v) is 31.6. The molecule has 0 amide bonds. The van der Waals surface area contributed by atoms with Crippen molar-refractivity contribution in [1.29, 1.82) is 0 Å². The van der Waals surface area contributed by atoms with Gasteiger partial charge in [-0.15, -0.1) is 0 Å². The molecule has 2 fully saturated rings. The molecule has 14 nitrogen and oxygen atoms in total. The minimum Gasteiger partial charge on any atom is -0.353 e. The molecule has 2 aliphatic rings. The number of anilines is 2. The van der Waals surface area contributed by atoms with Crippen molar-refractivity contribution in [2.75, 3.05) is 10.6 Å². The third-order valence-corrected chi connectivity index (χ3v) is 10.8. The highest BCUT2D eigenvalue weighted by Crippen LogP contribution is 2.26. The van der Waals surface area contributed by atoms with E-state index in [1.165, 1.54) is 41.9 Å². The van der Waals surface area contributed by atoms with Crippen LogP contribution in [0, 0.1) is 0 Å². The van der Waals surface area contributed by atoms with Gasteiger partial charge in [0.1, 0.15) is 0 Å². The first kappa shape index (κ1) is 36.7. The molecule has 0 spiro atoms. The number of fused-ring (bicyclic) bond motifs is 2. The van der Waals surface area contributed by atoms with Crippen molar-refractivity contribution < 1.29 is 0 Å². The summed E-state index contributed by atoms with van der Waals surface area (Å²) < 4.78 is 9.34. The lowest BCUT2D eigenvalue weighted by atomic mass is 10.2. The highest BCUT2D eigenvalue weighted by molar-refractivity contribution is 5.75. The molecular weight excluding hydrogens is 685 g/mol. The number of hydrogen-bond acceptors (Lipinski definition) is 8. The van der Waals surface area contributed by atoms with E-state index in [9.17, 15) is 19.2 Å². The molecule has 2 aromatic carbocycles. The van der Waals surface area contributed by atoms with Crippen LogP contribution in [0.2, 0.25) is 0 Å². The van der Waals surface area contributed by atoms with Gasteiger partial charge in [-0.05, 0) is 50.7 Å². The van der Waals surface area contributed by atoms with E-state index in [0.29, 0.717) is 72.5 Å². The van der Waals surface area contributed by atoms with E-state index in [2.05, 4.69) is 15.6 Å². The number of hydrogen-bond donors (Lipinski definition) is 2. The fourth-order valence-corrected chi connectivity index (χ4v) is 7.87. The average Bonchev–Trinajstić information content (AvgIpc) is 4.01. The molecule has 2 N–H and O–H groups in total. The van der Waals surface area contributed by atoms with Crippen molar-refractivity contribution in [2.24, 2.45) is 14.1 Å². The smallest absolute Gasteiger partial charge is 0.332 e. The molecule has 0 unspecified atom stereocenters. The van der Waals surface area contributed by atoms with Crippen LogP contribution in [-0.2, 0) is 40.3 Å². The Morgan fingerprint density at radius 1 is 0.556 bits per heavy atom. The summed E-state index contributed by atoms with van der Waals surface area (Å²) in [5.41, 5.74) is 2.78. The Kier molecular flexibility index (Phi) is 10.7. The summed E-state index contributed by atoms with van der Waals surface area (Å²) in [5.74, 6) is 1.34. The molecule has 54 heavy (non-hydrogen) atoms. The maximum absolute atomic E-state index is 13.2. The van der Waals surface area contributed by atoms with E-state index in [-0.39, 0.29) is 22.5 Å². The number of benzene rings is 2. The summed E-state index contributed by atoms with van der Waals surface area (Å²) in [5, 5.41) is 7.04. The van der Waals surface area contributed by atoms with Crippen LogP contribution in [0.15, 0.2) is 79.8 Å². The highest BCUT2D eigenvalue weighted by Gasteiger charge is 2.25. The Hall–Kier alpha value is -5.66. The van der Waals surface area contributed by atoms with E-state index in [1.54, 1.807) is 11.6 Å². The van der Waals surface area contributed by atoms with Crippen LogP contribution in [0.1, 0.15) is 76.3 Å². The predicted octanol–water partition coefficient (Wildman–Crippen LogP) is 4.64. The van der Waals surface area contributed by atoms with Crippen molar-refractivity contribution >= 4 is 34.2 Å². The summed E-state index contributed by atoms with van der Waals surface area (Å²) in [6, 6.07) is 20.7. The molecule has 4 aromatic heterocycles. The van der Waals surface area contributed by atoms with Crippen LogP contribution in [0.25, 0.3) is 22.3 Å². The predicted molar refractivity (Wildman–Crippen MR) is 213 cm³/mol. The van der Waals surface area contributed by atoms with Crippen LogP contribution in [0.4, 0.5) is 11.9 Å². The summed E-state index contributed by atoms with van der Waals surface area (Å²) >= 11 is 0.